The highest BCUT2D eigenvalue weighted by Gasteiger charge is 2.63. The van der Waals surface area contributed by atoms with Crippen molar-refractivity contribution in [3.8, 4) is 22.3 Å². The van der Waals surface area contributed by atoms with Crippen LogP contribution in [0.4, 0.5) is 0 Å². The molecule has 0 aliphatic heterocycles. The third-order valence-corrected chi connectivity index (χ3v) is 13.0. The summed E-state index contributed by atoms with van der Waals surface area (Å²) in [5, 5.41) is 5.31. The van der Waals surface area contributed by atoms with Crippen molar-refractivity contribution in [2.75, 3.05) is 0 Å². The van der Waals surface area contributed by atoms with E-state index in [0.717, 1.165) is 0 Å². The van der Waals surface area contributed by atoms with E-state index >= 15 is 0 Å². The molecule has 1 spiro atoms. The van der Waals surface area contributed by atoms with Gasteiger partial charge in [0.2, 0.25) is 0 Å². The molecule has 0 heterocycles. The van der Waals surface area contributed by atoms with Crippen LogP contribution in [0.15, 0.2) is 200 Å². The lowest BCUT2D eigenvalue weighted by molar-refractivity contribution is 0.450. The molecule has 4 aliphatic rings. The molecule has 9 aromatic carbocycles. The molecule has 2 unspecified atom stereocenters. The Morgan fingerprint density at radius 3 is 1.49 bits per heavy atom. The van der Waals surface area contributed by atoms with E-state index < -0.39 is 0 Å². The molecule has 55 heavy (non-hydrogen) atoms. The third-order valence-electron chi connectivity index (χ3n) is 13.0. The smallest absolute Gasteiger partial charge is 0.0433 e. The Balaban J connectivity index is 1.08. The first-order valence-corrected chi connectivity index (χ1v) is 19.5. The average molecular weight is 697 g/mol. The van der Waals surface area contributed by atoms with Gasteiger partial charge in [-0.2, -0.15) is 0 Å². The minimum absolute atomic E-state index is 0.163. The fourth-order valence-electron chi connectivity index (χ4n) is 10.9. The lowest BCUT2D eigenvalue weighted by Gasteiger charge is -2.42. The first kappa shape index (κ1) is 30.7. The summed E-state index contributed by atoms with van der Waals surface area (Å²) in [4.78, 5) is 0. The van der Waals surface area contributed by atoms with E-state index in [4.69, 9.17) is 0 Å². The van der Waals surface area contributed by atoms with Gasteiger partial charge in [-0.05, 0) is 106 Å². The zero-order chi connectivity index (χ0) is 36.1. The van der Waals surface area contributed by atoms with Crippen molar-refractivity contribution < 1.29 is 0 Å². The van der Waals surface area contributed by atoms with Crippen LogP contribution in [0, 0.1) is 0 Å². The number of benzene rings is 9. The second kappa shape index (κ2) is 11.6. The lowest BCUT2D eigenvalue weighted by Crippen LogP contribution is -2.36. The van der Waals surface area contributed by atoms with Gasteiger partial charge >= 0.3 is 0 Å². The molecule has 0 amide bonds. The molecule has 0 heteroatoms. The van der Waals surface area contributed by atoms with Crippen LogP contribution in [0.1, 0.15) is 61.9 Å². The molecule has 4 bridgehead atoms. The molecule has 0 radical (unpaired) electrons. The van der Waals surface area contributed by atoms with E-state index in [9.17, 15) is 0 Å². The normalized spacial score (nSPS) is 16.5. The van der Waals surface area contributed by atoms with Crippen LogP contribution in [0.3, 0.4) is 0 Å². The van der Waals surface area contributed by atoms with Crippen LogP contribution in [0.2, 0.25) is 0 Å². The molecule has 2 atom stereocenters. The molecule has 0 fully saturated rings. The summed E-state index contributed by atoms with van der Waals surface area (Å²) in [6.45, 7) is 0. The highest BCUT2D eigenvalue weighted by atomic mass is 14.6. The Hall–Kier alpha value is -6.76. The van der Waals surface area contributed by atoms with E-state index in [1.54, 1.807) is 0 Å². The maximum atomic E-state index is 2.47. The summed E-state index contributed by atoms with van der Waals surface area (Å²) in [7, 11) is 0. The standard InChI is InChI=1S/C55H36/c1-3-15-36(16-4-1)47(37-17-5-2-6-18-37)33-35-27-29-38(30-28-35)51-42-21-7-9-23-44(42)52(45-24-10-8-22-43(45)51)54-46-32-31-39-34-48(46)53(39)55(54)49-25-13-11-19-40(49)41-20-12-14-26-50(41)55/h1-34,53-54H. The zero-order valence-electron chi connectivity index (χ0n) is 30.3. The first-order chi connectivity index (χ1) is 27.3. The predicted molar refractivity (Wildman–Crippen MR) is 230 cm³/mol. The third kappa shape index (κ3) is 4.17. The molecule has 0 aromatic heterocycles. The summed E-state index contributed by atoms with van der Waals surface area (Å²) in [5.74, 6) is 0.521. The van der Waals surface area contributed by atoms with Crippen LogP contribution in [-0.2, 0) is 5.41 Å². The second-order valence-electron chi connectivity index (χ2n) is 15.5. The number of hydrogen-bond acceptors (Lipinski definition) is 0. The quantitative estimate of drug-likeness (QED) is 0.124. The molecule has 0 saturated carbocycles. The maximum Gasteiger partial charge on any atom is 0.0433 e. The summed E-state index contributed by atoms with van der Waals surface area (Å²) < 4.78 is 0. The highest BCUT2D eigenvalue weighted by Crippen LogP contribution is 2.73. The SMILES string of the molecule is C(=C(c1ccccc1)c1ccccc1)c1ccc(-c2c3ccccc3c(C3c4ccc5cc4C5C34c3ccccc3-c3ccccc34)c3ccccc23)cc1. The van der Waals surface area contributed by atoms with Crippen LogP contribution >= 0.6 is 0 Å². The molecular weight excluding hydrogens is 661 g/mol. The van der Waals surface area contributed by atoms with E-state index in [1.165, 1.54) is 99.4 Å². The molecule has 0 nitrogen and oxygen atoms in total. The van der Waals surface area contributed by atoms with Crippen molar-refractivity contribution in [3.05, 3.63) is 250 Å². The van der Waals surface area contributed by atoms with Crippen LogP contribution in [-0.4, -0.2) is 0 Å². The van der Waals surface area contributed by atoms with E-state index in [0.29, 0.717) is 5.92 Å². The largest absolute Gasteiger partial charge is 0.0622 e. The average Bonchev–Trinajstić information content (AvgIpc) is 3.61. The van der Waals surface area contributed by atoms with Gasteiger partial charge in [0, 0.05) is 17.3 Å². The predicted octanol–water partition coefficient (Wildman–Crippen LogP) is 13.8. The van der Waals surface area contributed by atoms with Crippen LogP contribution < -0.4 is 0 Å². The van der Waals surface area contributed by atoms with Crippen molar-refractivity contribution in [1.82, 2.24) is 0 Å². The minimum Gasteiger partial charge on any atom is -0.0622 e. The van der Waals surface area contributed by atoms with E-state index in [2.05, 4.69) is 206 Å². The number of hydrogen-bond donors (Lipinski definition) is 0. The van der Waals surface area contributed by atoms with Crippen LogP contribution in [0.25, 0.3) is 55.4 Å². The molecule has 256 valence electrons. The summed E-state index contributed by atoms with van der Waals surface area (Å²) in [5.41, 5.74) is 18.8. The fraction of sp³-hybridized carbons (Fsp3) is 0.0545. The Labute approximate surface area is 321 Å². The Kier molecular flexibility index (Phi) is 6.48. The summed E-state index contributed by atoms with van der Waals surface area (Å²) >= 11 is 0. The van der Waals surface area contributed by atoms with Gasteiger partial charge < -0.3 is 0 Å². The molecule has 4 aliphatic carbocycles. The molecule has 0 saturated heterocycles. The summed E-state index contributed by atoms with van der Waals surface area (Å²) in [6, 6.07) is 74.9. The van der Waals surface area contributed by atoms with Crippen molar-refractivity contribution in [2.24, 2.45) is 0 Å². The minimum atomic E-state index is -0.207. The monoisotopic (exact) mass is 696 g/mol. The Bertz CT molecular complexity index is 2870. The van der Waals surface area contributed by atoms with Gasteiger partial charge in [-0.3, -0.25) is 0 Å². The maximum absolute atomic E-state index is 2.47. The van der Waals surface area contributed by atoms with Gasteiger partial charge in [-0.25, -0.2) is 0 Å². The number of fused-ring (bicyclic) bond motifs is 8. The van der Waals surface area contributed by atoms with Crippen LogP contribution in [0.5, 0.6) is 0 Å². The first-order valence-electron chi connectivity index (χ1n) is 19.5. The van der Waals surface area contributed by atoms with Crippen molar-refractivity contribution in [2.45, 2.75) is 17.3 Å². The molecule has 9 aromatic rings. The van der Waals surface area contributed by atoms with Crippen molar-refractivity contribution >= 4 is 33.2 Å². The van der Waals surface area contributed by atoms with E-state index in [1.807, 2.05) is 0 Å². The number of rotatable bonds is 5. The Morgan fingerprint density at radius 2 is 0.927 bits per heavy atom. The van der Waals surface area contributed by atoms with Crippen molar-refractivity contribution in [3.63, 3.8) is 0 Å². The lowest BCUT2D eigenvalue weighted by atomic mass is 9.58. The second-order valence-corrected chi connectivity index (χ2v) is 15.5. The van der Waals surface area contributed by atoms with Crippen molar-refractivity contribution in [1.29, 1.82) is 0 Å². The topological polar surface area (TPSA) is 0 Å². The van der Waals surface area contributed by atoms with Gasteiger partial charge in [0.05, 0.1) is 0 Å². The molecule has 13 rings (SSSR count). The molecular formula is C55H36. The van der Waals surface area contributed by atoms with Gasteiger partial charge in [0.15, 0.2) is 0 Å². The van der Waals surface area contributed by atoms with Gasteiger partial charge in [0.1, 0.15) is 0 Å². The Morgan fingerprint density at radius 1 is 0.418 bits per heavy atom. The fourth-order valence-corrected chi connectivity index (χ4v) is 10.9. The van der Waals surface area contributed by atoms with Gasteiger partial charge in [-0.15, -0.1) is 0 Å². The van der Waals surface area contributed by atoms with Gasteiger partial charge in [0.25, 0.3) is 0 Å². The summed E-state index contributed by atoms with van der Waals surface area (Å²) in [6.07, 6.45) is 2.32. The molecule has 0 N–H and O–H groups in total. The van der Waals surface area contributed by atoms with E-state index in [-0.39, 0.29) is 11.3 Å². The highest BCUT2D eigenvalue weighted by molar-refractivity contribution is 6.16. The zero-order valence-corrected chi connectivity index (χ0v) is 30.3. The van der Waals surface area contributed by atoms with Gasteiger partial charge in [-0.1, -0.05) is 200 Å².